The Labute approximate surface area is 246 Å². The van der Waals surface area contributed by atoms with Crippen LogP contribution in [0.2, 0.25) is 0 Å². The molecule has 222 valence electrons. The van der Waals surface area contributed by atoms with Crippen LogP contribution in [0.15, 0.2) is 30.3 Å². The number of nitrogens with one attached hydrogen (secondary N) is 1. The second kappa shape index (κ2) is 10.2. The van der Waals surface area contributed by atoms with Crippen LogP contribution in [0.25, 0.3) is 10.8 Å². The van der Waals surface area contributed by atoms with Crippen molar-refractivity contribution in [3.8, 4) is 11.8 Å². The topological polar surface area (TPSA) is 77.0 Å². The maximum Gasteiger partial charge on any atom is 0.318 e. The highest BCUT2D eigenvalue weighted by Gasteiger charge is 2.49. The van der Waals surface area contributed by atoms with Crippen molar-refractivity contribution in [2.75, 3.05) is 49.1 Å². The van der Waals surface area contributed by atoms with Gasteiger partial charge in [-0.3, -0.25) is 4.90 Å². The van der Waals surface area contributed by atoms with Gasteiger partial charge in [-0.25, -0.2) is 4.39 Å². The van der Waals surface area contributed by atoms with Gasteiger partial charge in [0.2, 0.25) is 0 Å². The Bertz CT molecular complexity index is 1510. The molecule has 2 bridgehead atoms. The Morgan fingerprint density at radius 3 is 2.79 bits per heavy atom. The first kappa shape index (κ1) is 26.5. The molecule has 2 N–H and O–H groups in total. The molecule has 6 heterocycles. The summed E-state index contributed by atoms with van der Waals surface area (Å²) in [6.45, 7) is 7.41. The maximum absolute atomic E-state index is 14.5. The van der Waals surface area contributed by atoms with E-state index >= 15 is 0 Å². The maximum atomic E-state index is 14.5. The number of alkyl halides is 1. The van der Waals surface area contributed by atoms with Crippen molar-refractivity contribution in [1.82, 2.24) is 20.2 Å². The fraction of sp³-hybridized carbons (Fsp3) is 0.576. The number of phenols is 1. The molecular formula is C33H41FN6O2. The number of aromatic nitrogens is 2. The average Bonchev–Trinajstić information content (AvgIpc) is 3.64. The molecule has 4 atom stereocenters. The average molecular weight is 573 g/mol. The van der Waals surface area contributed by atoms with Gasteiger partial charge in [0, 0.05) is 67.4 Å². The Hall–Kier alpha value is -3.17. The molecule has 0 saturated carbocycles. The van der Waals surface area contributed by atoms with E-state index in [1.807, 2.05) is 12.1 Å². The number of anilines is 2. The number of nitrogens with zero attached hydrogens (tertiary/aromatic N) is 5. The molecule has 42 heavy (non-hydrogen) atoms. The fourth-order valence-corrected chi connectivity index (χ4v) is 8.55. The van der Waals surface area contributed by atoms with Crippen molar-refractivity contribution in [1.29, 1.82) is 0 Å². The summed E-state index contributed by atoms with van der Waals surface area (Å²) in [6.07, 6.45) is 5.96. The molecule has 4 saturated heterocycles. The Morgan fingerprint density at radius 2 is 1.95 bits per heavy atom. The highest BCUT2D eigenvalue weighted by atomic mass is 19.1. The molecule has 0 amide bonds. The summed E-state index contributed by atoms with van der Waals surface area (Å²) in [5, 5.41) is 16.7. The van der Waals surface area contributed by atoms with Gasteiger partial charge >= 0.3 is 6.01 Å². The summed E-state index contributed by atoms with van der Waals surface area (Å²) < 4.78 is 20.9. The first-order valence-corrected chi connectivity index (χ1v) is 15.9. The second-order valence-electron chi connectivity index (χ2n) is 13.2. The van der Waals surface area contributed by atoms with Gasteiger partial charge in [-0.1, -0.05) is 25.1 Å². The molecule has 0 aliphatic carbocycles. The highest BCUT2D eigenvalue weighted by molar-refractivity contribution is 5.98. The van der Waals surface area contributed by atoms with Crippen molar-refractivity contribution < 1.29 is 14.2 Å². The number of piperazine rings is 1. The number of hydrogen-bond acceptors (Lipinski definition) is 8. The largest absolute Gasteiger partial charge is 0.508 e. The van der Waals surface area contributed by atoms with E-state index in [1.165, 1.54) is 29.4 Å². The Kier molecular flexibility index (Phi) is 6.44. The summed E-state index contributed by atoms with van der Waals surface area (Å²) in [7, 11) is 0. The third kappa shape index (κ3) is 4.47. The molecule has 5 aliphatic rings. The van der Waals surface area contributed by atoms with Gasteiger partial charge in [0.1, 0.15) is 24.3 Å². The van der Waals surface area contributed by atoms with Gasteiger partial charge in [0.25, 0.3) is 0 Å². The molecular weight excluding hydrogens is 531 g/mol. The van der Waals surface area contributed by atoms with E-state index in [2.05, 4.69) is 45.1 Å². The quantitative estimate of drug-likeness (QED) is 0.452. The van der Waals surface area contributed by atoms with Crippen LogP contribution in [0.4, 0.5) is 15.9 Å². The second-order valence-corrected chi connectivity index (χ2v) is 13.2. The number of benzene rings is 2. The lowest BCUT2D eigenvalue weighted by molar-refractivity contribution is 0.107. The number of phenolic OH excluding ortho intramolecular Hbond substituents is 1. The van der Waals surface area contributed by atoms with E-state index in [9.17, 15) is 9.50 Å². The molecule has 3 aromatic rings. The monoisotopic (exact) mass is 572 g/mol. The SMILES string of the molecule is CCc1cccc2cc(O)cc(N3CCc4c(nc(OC[C@@]56CCCN5C[C@H](F)C6)nc4N4C[C@H]5CC[C@@H](C4)N5)C3)c12. The van der Waals surface area contributed by atoms with Crippen LogP contribution >= 0.6 is 0 Å². The number of fused-ring (bicyclic) bond motifs is 5. The molecule has 8 rings (SSSR count). The minimum atomic E-state index is -0.788. The first-order chi connectivity index (χ1) is 20.5. The number of ether oxygens (including phenoxy) is 1. The highest BCUT2D eigenvalue weighted by Crippen LogP contribution is 2.41. The van der Waals surface area contributed by atoms with Gasteiger partial charge in [-0.15, -0.1) is 0 Å². The number of halogens is 1. The summed E-state index contributed by atoms with van der Waals surface area (Å²) in [4.78, 5) is 17.2. The van der Waals surface area contributed by atoms with Crippen LogP contribution in [-0.4, -0.2) is 83.1 Å². The predicted molar refractivity (Wildman–Crippen MR) is 162 cm³/mol. The Balaban J connectivity index is 1.15. The lowest BCUT2D eigenvalue weighted by Crippen LogP contribution is -2.52. The van der Waals surface area contributed by atoms with Crippen molar-refractivity contribution in [2.45, 2.75) is 82.2 Å². The third-order valence-corrected chi connectivity index (χ3v) is 10.5. The molecule has 9 heteroatoms. The number of aryl methyl sites for hydroxylation is 1. The van der Waals surface area contributed by atoms with Crippen LogP contribution in [-0.2, 0) is 19.4 Å². The van der Waals surface area contributed by atoms with E-state index in [0.29, 0.717) is 44.2 Å². The van der Waals surface area contributed by atoms with E-state index in [4.69, 9.17) is 14.7 Å². The van der Waals surface area contributed by atoms with Gasteiger partial charge in [0.15, 0.2) is 0 Å². The molecule has 4 fully saturated rings. The minimum Gasteiger partial charge on any atom is -0.508 e. The Morgan fingerprint density at radius 1 is 1.10 bits per heavy atom. The summed E-state index contributed by atoms with van der Waals surface area (Å²) in [6, 6.07) is 11.5. The van der Waals surface area contributed by atoms with Crippen LogP contribution in [0.1, 0.15) is 55.8 Å². The van der Waals surface area contributed by atoms with Gasteiger partial charge < -0.3 is 25.0 Å². The van der Waals surface area contributed by atoms with E-state index in [1.54, 1.807) is 0 Å². The third-order valence-electron chi connectivity index (χ3n) is 10.5. The number of rotatable bonds is 6. The van der Waals surface area contributed by atoms with Gasteiger partial charge in [-0.05, 0) is 62.1 Å². The van der Waals surface area contributed by atoms with Crippen molar-refractivity contribution >= 4 is 22.3 Å². The smallest absolute Gasteiger partial charge is 0.318 e. The van der Waals surface area contributed by atoms with Crippen molar-refractivity contribution in [3.63, 3.8) is 0 Å². The van der Waals surface area contributed by atoms with Crippen molar-refractivity contribution in [2.24, 2.45) is 0 Å². The zero-order chi connectivity index (χ0) is 28.4. The van der Waals surface area contributed by atoms with Crippen LogP contribution < -0.4 is 19.9 Å². The minimum absolute atomic E-state index is 0.240. The number of hydrogen-bond donors (Lipinski definition) is 2. The van der Waals surface area contributed by atoms with E-state index in [0.717, 1.165) is 74.4 Å². The zero-order valence-electron chi connectivity index (χ0n) is 24.5. The lowest BCUT2D eigenvalue weighted by Gasteiger charge is -2.38. The first-order valence-electron chi connectivity index (χ1n) is 15.9. The summed E-state index contributed by atoms with van der Waals surface area (Å²) in [5.74, 6) is 1.29. The molecule has 5 aliphatic heterocycles. The van der Waals surface area contributed by atoms with Crippen molar-refractivity contribution in [3.05, 3.63) is 47.2 Å². The van der Waals surface area contributed by atoms with Crippen LogP contribution in [0, 0.1) is 0 Å². The standard InChI is InChI=1S/C33H41FN6O2/c1-2-21-5-3-6-22-13-26(41)14-29(30(21)22)38-12-9-27-28(19-38)36-32(37-31(27)39-17-24-7-8-25(18-39)35-24)42-20-33-10-4-11-40(33)16-23(34)15-33/h3,5-6,13-14,23-25,35,41H,2,4,7-12,15-20H2,1H3/t23-,24-,25+,33+/m1/s1. The summed E-state index contributed by atoms with van der Waals surface area (Å²) >= 11 is 0. The molecule has 0 unspecified atom stereocenters. The van der Waals surface area contributed by atoms with Crippen LogP contribution in [0.5, 0.6) is 11.8 Å². The van der Waals surface area contributed by atoms with Gasteiger partial charge in [0.05, 0.1) is 17.8 Å². The van der Waals surface area contributed by atoms with Crippen LogP contribution in [0.3, 0.4) is 0 Å². The van der Waals surface area contributed by atoms with Gasteiger partial charge in [-0.2, -0.15) is 9.97 Å². The molecule has 0 radical (unpaired) electrons. The zero-order valence-corrected chi connectivity index (χ0v) is 24.5. The predicted octanol–water partition coefficient (Wildman–Crippen LogP) is 4.36. The molecule has 8 nitrogen and oxygen atoms in total. The molecule has 1 aromatic heterocycles. The molecule has 2 aromatic carbocycles. The van der Waals surface area contributed by atoms with E-state index in [-0.39, 0.29) is 11.3 Å². The normalized spacial score (nSPS) is 28.9. The lowest BCUT2D eigenvalue weighted by atomic mass is 9.95. The molecule has 0 spiro atoms. The fourth-order valence-electron chi connectivity index (χ4n) is 8.55. The summed E-state index contributed by atoms with van der Waals surface area (Å²) in [5.41, 5.74) is 4.30. The van der Waals surface area contributed by atoms with E-state index < -0.39 is 6.17 Å². The number of aromatic hydroxyl groups is 1.